The molecule has 0 atom stereocenters. The van der Waals surface area contributed by atoms with Gasteiger partial charge < -0.3 is 10.6 Å². The van der Waals surface area contributed by atoms with E-state index in [-0.39, 0.29) is 37.7 Å². The van der Waals surface area contributed by atoms with Gasteiger partial charge in [0, 0.05) is 13.8 Å². The van der Waals surface area contributed by atoms with Crippen molar-refractivity contribution in [2.45, 2.75) is 27.7 Å². The zero-order chi connectivity index (χ0) is 14.6. The molecule has 0 saturated heterocycles. The second-order valence-corrected chi connectivity index (χ2v) is 3.88. The number of nitrogens with one attached hydrogen (secondary N) is 2. The number of hydrogen-bond donors (Lipinski definition) is 2. The van der Waals surface area contributed by atoms with E-state index in [2.05, 4.69) is 20.6 Å². The van der Waals surface area contributed by atoms with E-state index in [0.717, 1.165) is 22.8 Å². The maximum Gasteiger partial charge on any atom is 2.00 e. The van der Waals surface area contributed by atoms with E-state index in [4.69, 9.17) is 0 Å². The zero-order valence-corrected chi connectivity index (χ0v) is 16.0. The Kier molecular flexibility index (Phi) is 19.7. The fourth-order valence-corrected chi connectivity index (χ4v) is 0.900. The number of rotatable bonds is 4. The molecular weight excluding hydrogens is 264 g/mol. The van der Waals surface area contributed by atoms with Crippen molar-refractivity contribution < 1.29 is 9.98 Å². The first-order valence-electron chi connectivity index (χ1n) is 6.00. The first-order chi connectivity index (χ1) is 8.40. The van der Waals surface area contributed by atoms with Crippen molar-refractivity contribution in [2.24, 2.45) is 0 Å². The van der Waals surface area contributed by atoms with Gasteiger partial charge in [-0.2, -0.15) is 11.4 Å². The topological polar surface area (TPSA) is 56.1 Å². The van der Waals surface area contributed by atoms with Crippen LogP contribution in [0, 0.1) is 0 Å². The van der Waals surface area contributed by atoms with Gasteiger partial charge >= 0.3 is 37.7 Å². The van der Waals surface area contributed by atoms with Crippen molar-refractivity contribution in [1.82, 2.24) is 0 Å². The minimum atomic E-state index is 0. The van der Waals surface area contributed by atoms with Crippen molar-refractivity contribution in [3.05, 3.63) is 34.2 Å². The molecule has 0 rings (SSSR count). The van der Waals surface area contributed by atoms with Crippen molar-refractivity contribution in [2.75, 3.05) is 28.2 Å². The van der Waals surface area contributed by atoms with Gasteiger partial charge in [0.2, 0.25) is 0 Å². The molecule has 2 N–H and O–H groups in total. The fourth-order valence-electron chi connectivity index (χ4n) is 0.900. The van der Waals surface area contributed by atoms with E-state index >= 15 is 0 Å². The summed E-state index contributed by atoms with van der Waals surface area (Å²) in [6, 6.07) is 0. The minimum Gasteiger partial charge on any atom is -0.690 e. The van der Waals surface area contributed by atoms with Gasteiger partial charge in [-0.1, -0.05) is 13.8 Å². The van der Waals surface area contributed by atoms with Gasteiger partial charge in [0.25, 0.3) is 0 Å². The molecule has 0 unspecified atom stereocenters. The average Bonchev–Trinajstić information content (AvgIpc) is 2.38. The van der Waals surface area contributed by atoms with Gasteiger partial charge in [-0.05, 0) is 12.2 Å². The van der Waals surface area contributed by atoms with Gasteiger partial charge in [0.15, 0.2) is 11.4 Å². The molecular formula is C14H28CaN4+2. The van der Waals surface area contributed by atoms with Crippen molar-refractivity contribution in [3.8, 4) is 0 Å². The van der Waals surface area contributed by atoms with Gasteiger partial charge in [-0.25, -0.2) is 9.98 Å². The summed E-state index contributed by atoms with van der Waals surface area (Å²) >= 11 is 0. The van der Waals surface area contributed by atoms with E-state index in [1.54, 1.807) is 14.1 Å². The Hall–Kier alpha value is -0.320. The second kappa shape index (κ2) is 15.7. The molecule has 0 saturated carbocycles. The summed E-state index contributed by atoms with van der Waals surface area (Å²) in [5, 5.41) is 7.95. The molecule has 0 bridgehead atoms. The van der Waals surface area contributed by atoms with Gasteiger partial charge in [0.1, 0.15) is 14.1 Å². The van der Waals surface area contributed by atoms with Crippen LogP contribution in [0.3, 0.4) is 0 Å². The molecule has 0 aromatic heterocycles. The summed E-state index contributed by atoms with van der Waals surface area (Å²) in [5.41, 5.74) is 4.36. The molecule has 0 aliphatic heterocycles. The Morgan fingerprint density at radius 2 is 1.00 bits per heavy atom. The molecule has 104 valence electrons. The summed E-state index contributed by atoms with van der Waals surface area (Å²) in [6.45, 7) is 7.96. The van der Waals surface area contributed by atoms with Crippen LogP contribution in [0.25, 0.3) is 10.6 Å². The van der Waals surface area contributed by atoms with E-state index in [1.165, 1.54) is 0 Å². The maximum atomic E-state index is 3.98. The predicted molar refractivity (Wildman–Crippen MR) is 87.0 cm³/mol. The van der Waals surface area contributed by atoms with Crippen LogP contribution in [-0.4, -0.2) is 77.4 Å². The van der Waals surface area contributed by atoms with Gasteiger partial charge in [0.05, 0.1) is 0 Å². The smallest absolute Gasteiger partial charge is 0.690 e. The summed E-state index contributed by atoms with van der Waals surface area (Å²) in [6.07, 6.45) is 4.00. The molecule has 5 heteroatoms. The van der Waals surface area contributed by atoms with Crippen molar-refractivity contribution in [1.29, 1.82) is 0 Å². The molecule has 4 nitrogen and oxygen atoms in total. The van der Waals surface area contributed by atoms with Crippen LogP contribution in [0.5, 0.6) is 0 Å². The summed E-state index contributed by atoms with van der Waals surface area (Å²) in [5.74, 6) is 0. The Bertz CT molecular complexity index is 307. The van der Waals surface area contributed by atoms with Crippen LogP contribution in [0.4, 0.5) is 0 Å². The molecule has 0 spiro atoms. The second-order valence-electron chi connectivity index (χ2n) is 3.88. The summed E-state index contributed by atoms with van der Waals surface area (Å²) in [4.78, 5) is 6.02. The van der Waals surface area contributed by atoms with Crippen LogP contribution in [-0.2, 0) is 0 Å². The molecule has 0 amide bonds. The standard InChI is InChI=1S/2C7H13N2.Ca/c2*1-6(8-3)5-7(2)9-4;/h2*5H,1-4H3;/q2*-1;+2/p+2/b2*6-5-,9-7?;. The Morgan fingerprint density at radius 1 is 0.737 bits per heavy atom. The molecule has 0 aromatic carbocycles. The molecule has 0 aromatic rings. The third kappa shape index (κ3) is 17.7. The van der Waals surface area contributed by atoms with Crippen LogP contribution in [0.15, 0.2) is 23.5 Å². The van der Waals surface area contributed by atoms with Gasteiger partial charge in [-0.3, -0.25) is 0 Å². The number of nitrogens with zero attached hydrogens (tertiary/aromatic N) is 2. The molecule has 0 heterocycles. The molecule has 0 radical (unpaired) electrons. The van der Waals surface area contributed by atoms with E-state index in [0.29, 0.717) is 0 Å². The Balaban J connectivity index is -0.000000256. The fraction of sp³-hybridized carbons (Fsp3) is 0.571. The number of hydrogen-bond acceptors (Lipinski definition) is 0. The third-order valence-corrected chi connectivity index (χ3v) is 2.34. The Labute approximate surface area is 148 Å². The molecule has 0 aliphatic rings. The van der Waals surface area contributed by atoms with Gasteiger partial charge in [-0.15, -0.1) is 14.1 Å². The molecule has 0 fully saturated rings. The third-order valence-electron chi connectivity index (χ3n) is 2.34. The predicted octanol–water partition coefficient (Wildman–Crippen LogP) is -0.251. The first kappa shape index (κ1) is 23.7. The van der Waals surface area contributed by atoms with E-state index < -0.39 is 0 Å². The summed E-state index contributed by atoms with van der Waals surface area (Å²) in [7, 11) is 7.37. The van der Waals surface area contributed by atoms with Crippen LogP contribution < -0.4 is 9.98 Å². The average molecular weight is 292 g/mol. The largest absolute Gasteiger partial charge is 2.00 e. The SMILES string of the molecule is C[N-]/C(C)=C\C(C)=[NH+]C.C[N-]/C(C)=C\C(C)=[NH+]C.[Ca+2]. The van der Waals surface area contributed by atoms with E-state index in [9.17, 15) is 0 Å². The zero-order valence-electron chi connectivity index (χ0n) is 13.8. The van der Waals surface area contributed by atoms with Crippen molar-refractivity contribution >= 4 is 49.2 Å². The quantitative estimate of drug-likeness (QED) is 0.530. The normalized spacial score (nSPS) is 13.1. The molecule has 0 aliphatic carbocycles. The summed E-state index contributed by atoms with van der Waals surface area (Å²) < 4.78 is 0. The monoisotopic (exact) mass is 292 g/mol. The number of allylic oxidation sites excluding steroid dienone is 4. The minimum absolute atomic E-state index is 0. The first-order valence-corrected chi connectivity index (χ1v) is 6.00. The Morgan fingerprint density at radius 3 is 1.16 bits per heavy atom. The van der Waals surface area contributed by atoms with Crippen LogP contribution in [0.1, 0.15) is 27.7 Å². The van der Waals surface area contributed by atoms with Crippen LogP contribution >= 0.6 is 0 Å². The molecule has 19 heavy (non-hydrogen) atoms. The van der Waals surface area contributed by atoms with E-state index in [1.807, 2.05) is 53.9 Å². The maximum absolute atomic E-state index is 3.98. The van der Waals surface area contributed by atoms with Crippen LogP contribution in [0.2, 0.25) is 0 Å². The van der Waals surface area contributed by atoms with Crippen molar-refractivity contribution in [3.63, 3.8) is 0 Å².